The van der Waals surface area contributed by atoms with E-state index in [0.29, 0.717) is 12.8 Å². The van der Waals surface area contributed by atoms with Gasteiger partial charge in [-0.2, -0.15) is 13.2 Å². The predicted molar refractivity (Wildman–Crippen MR) is 83.9 cm³/mol. The maximum atomic E-state index is 12.6. The second-order valence-electron chi connectivity index (χ2n) is 6.15. The highest BCUT2D eigenvalue weighted by molar-refractivity contribution is 6.76. The molecular weight excluding hydrogens is 313 g/mol. The molecule has 0 bridgehead atoms. The summed E-state index contributed by atoms with van der Waals surface area (Å²) in [7, 11) is -1.26. The summed E-state index contributed by atoms with van der Waals surface area (Å²) in [6, 6.07) is 0.901. The summed E-state index contributed by atoms with van der Waals surface area (Å²) in [6.45, 7) is 8.42. The molecule has 22 heavy (non-hydrogen) atoms. The van der Waals surface area contributed by atoms with E-state index in [-0.39, 0.29) is 24.4 Å². The van der Waals surface area contributed by atoms with Gasteiger partial charge in [0.15, 0.2) is 5.78 Å². The van der Waals surface area contributed by atoms with Crippen molar-refractivity contribution in [2.75, 3.05) is 13.3 Å². The van der Waals surface area contributed by atoms with Crippen LogP contribution < -0.4 is 5.32 Å². The zero-order valence-corrected chi connectivity index (χ0v) is 14.6. The van der Waals surface area contributed by atoms with Crippen molar-refractivity contribution >= 4 is 20.1 Å². The van der Waals surface area contributed by atoms with Crippen molar-refractivity contribution in [2.45, 2.75) is 51.6 Å². The highest BCUT2D eigenvalue weighted by Crippen LogP contribution is 2.25. The molecule has 2 N–H and O–H groups in total. The Morgan fingerprint density at radius 3 is 2.32 bits per heavy atom. The number of alkyl halides is 3. The number of ketones is 1. The summed E-state index contributed by atoms with van der Waals surface area (Å²) in [6.07, 6.45) is -5.02. The van der Waals surface area contributed by atoms with E-state index in [0.717, 1.165) is 6.04 Å². The van der Waals surface area contributed by atoms with Crippen molar-refractivity contribution in [2.24, 2.45) is 0 Å². The second kappa shape index (κ2) is 9.09. The second-order valence-corrected chi connectivity index (χ2v) is 11.8. The quantitative estimate of drug-likeness (QED) is 0.210. The van der Waals surface area contributed by atoms with Crippen LogP contribution in [-0.2, 0) is 9.53 Å². The molecule has 0 saturated carbocycles. The smallest absolute Gasteiger partial charge is 0.365 e. The lowest BCUT2D eigenvalue weighted by Gasteiger charge is -2.18. The molecule has 0 aliphatic carbocycles. The summed E-state index contributed by atoms with van der Waals surface area (Å²) in [5.74, 6) is -0.496. The van der Waals surface area contributed by atoms with Gasteiger partial charge in [-0.15, -0.1) is 0 Å². The fourth-order valence-corrected chi connectivity index (χ4v) is 2.33. The van der Waals surface area contributed by atoms with Crippen molar-refractivity contribution in [3.63, 3.8) is 0 Å². The maximum Gasteiger partial charge on any atom is 0.394 e. The largest absolute Gasteiger partial charge is 0.394 e. The number of hydrogen-bond donors (Lipinski definition) is 2. The summed E-state index contributed by atoms with van der Waals surface area (Å²) in [5.41, 5.74) is -0.545. The molecule has 0 atom stereocenters. The Labute approximate surface area is 130 Å². The first-order valence-corrected chi connectivity index (χ1v) is 10.9. The minimum Gasteiger partial charge on any atom is -0.365 e. The number of halogens is 3. The third-order valence-corrected chi connectivity index (χ3v) is 4.56. The normalized spacial score (nSPS) is 13.6. The SMILES string of the molecule is CCC(=O)/C(C=N)=C(\CC(F)(F)F)NCOCC[Si](C)(C)C. The van der Waals surface area contributed by atoms with Gasteiger partial charge in [0, 0.05) is 33.0 Å². The number of hydrogen-bond acceptors (Lipinski definition) is 4. The van der Waals surface area contributed by atoms with Gasteiger partial charge in [0.2, 0.25) is 0 Å². The Balaban J connectivity index is 4.79. The van der Waals surface area contributed by atoms with E-state index in [4.69, 9.17) is 10.1 Å². The van der Waals surface area contributed by atoms with E-state index in [9.17, 15) is 18.0 Å². The van der Waals surface area contributed by atoms with Crippen LogP contribution in [0.4, 0.5) is 13.2 Å². The van der Waals surface area contributed by atoms with Crippen LogP contribution >= 0.6 is 0 Å². The Hall–Kier alpha value is -1.15. The molecule has 0 aromatic heterocycles. The van der Waals surface area contributed by atoms with Gasteiger partial charge in [-0.1, -0.05) is 26.6 Å². The summed E-state index contributed by atoms with van der Waals surface area (Å²) in [5, 5.41) is 9.69. The van der Waals surface area contributed by atoms with E-state index in [1.54, 1.807) is 6.92 Å². The van der Waals surface area contributed by atoms with E-state index < -0.39 is 26.5 Å². The Morgan fingerprint density at radius 2 is 1.91 bits per heavy atom. The summed E-state index contributed by atoms with van der Waals surface area (Å²) >= 11 is 0. The molecule has 0 aromatic rings. The fraction of sp³-hybridized carbons (Fsp3) is 0.714. The molecule has 0 aromatic carbocycles. The molecule has 0 aliphatic rings. The third-order valence-electron chi connectivity index (χ3n) is 2.85. The standard InChI is InChI=1S/C14H25F3N2O2Si/c1-5-13(20)11(9-18)12(8-14(15,16)17)19-10-21-6-7-22(2,3)4/h9,18-19H,5-8,10H2,1-4H3/b12-11+,18-9?. The third kappa shape index (κ3) is 9.72. The lowest BCUT2D eigenvalue weighted by Crippen LogP contribution is -2.28. The number of Topliss-reactive ketones (excluding diaryl/α,β-unsaturated/α-hetero) is 1. The molecular formula is C14H25F3N2O2Si. The Kier molecular flexibility index (Phi) is 8.61. The van der Waals surface area contributed by atoms with Crippen LogP contribution in [0.2, 0.25) is 25.7 Å². The molecule has 0 rings (SSSR count). The molecule has 0 spiro atoms. The fourth-order valence-electron chi connectivity index (χ4n) is 1.57. The van der Waals surface area contributed by atoms with Gasteiger partial charge in [-0.3, -0.25) is 4.79 Å². The van der Waals surface area contributed by atoms with Gasteiger partial charge in [-0.05, 0) is 6.04 Å². The van der Waals surface area contributed by atoms with Gasteiger partial charge < -0.3 is 15.5 Å². The molecule has 0 heterocycles. The van der Waals surface area contributed by atoms with E-state index in [1.807, 2.05) is 0 Å². The van der Waals surface area contributed by atoms with Crippen LogP contribution in [0.3, 0.4) is 0 Å². The van der Waals surface area contributed by atoms with Crippen LogP contribution in [0, 0.1) is 5.41 Å². The van der Waals surface area contributed by atoms with Crippen LogP contribution in [0.15, 0.2) is 11.3 Å². The van der Waals surface area contributed by atoms with Crippen LogP contribution in [0.5, 0.6) is 0 Å². The van der Waals surface area contributed by atoms with Gasteiger partial charge in [0.1, 0.15) is 6.73 Å². The van der Waals surface area contributed by atoms with Gasteiger partial charge in [0.05, 0.1) is 12.0 Å². The van der Waals surface area contributed by atoms with Crippen molar-refractivity contribution in [3.8, 4) is 0 Å². The number of rotatable bonds is 10. The lowest BCUT2D eigenvalue weighted by atomic mass is 10.1. The number of ether oxygens (including phenoxy) is 1. The molecule has 0 radical (unpaired) electrons. The van der Waals surface area contributed by atoms with Crippen LogP contribution in [-0.4, -0.2) is 39.6 Å². The first-order valence-electron chi connectivity index (χ1n) is 7.15. The number of allylic oxidation sites excluding steroid dienone is 2. The predicted octanol–water partition coefficient (Wildman–Crippen LogP) is 3.72. The monoisotopic (exact) mass is 338 g/mol. The first kappa shape index (κ1) is 20.8. The highest BCUT2D eigenvalue weighted by atomic mass is 28.3. The van der Waals surface area contributed by atoms with Gasteiger partial charge >= 0.3 is 6.18 Å². The minimum atomic E-state index is -4.46. The summed E-state index contributed by atoms with van der Waals surface area (Å²) < 4.78 is 43.1. The van der Waals surface area contributed by atoms with Crippen molar-refractivity contribution in [3.05, 3.63) is 11.3 Å². The molecule has 0 saturated heterocycles. The summed E-state index contributed by atoms with van der Waals surface area (Å²) in [4.78, 5) is 11.6. The minimum absolute atomic E-state index is 0.0459. The van der Waals surface area contributed by atoms with Crippen LogP contribution in [0.1, 0.15) is 19.8 Å². The topological polar surface area (TPSA) is 62.2 Å². The molecule has 0 unspecified atom stereocenters. The van der Waals surface area contributed by atoms with E-state index in [1.165, 1.54) is 0 Å². The Bertz CT molecular complexity index is 415. The number of carbonyl (C=O) groups excluding carboxylic acids is 1. The van der Waals surface area contributed by atoms with Gasteiger partial charge in [0.25, 0.3) is 0 Å². The van der Waals surface area contributed by atoms with Crippen molar-refractivity contribution < 1.29 is 22.7 Å². The maximum absolute atomic E-state index is 12.6. The molecule has 0 fully saturated rings. The van der Waals surface area contributed by atoms with Crippen molar-refractivity contribution in [1.29, 1.82) is 5.41 Å². The number of nitrogens with one attached hydrogen (secondary N) is 2. The van der Waals surface area contributed by atoms with E-state index in [2.05, 4.69) is 25.0 Å². The highest BCUT2D eigenvalue weighted by Gasteiger charge is 2.31. The van der Waals surface area contributed by atoms with Gasteiger partial charge in [-0.25, -0.2) is 0 Å². The molecule has 0 amide bonds. The number of carbonyl (C=O) groups is 1. The zero-order chi connectivity index (χ0) is 17.4. The molecule has 0 aliphatic heterocycles. The van der Waals surface area contributed by atoms with E-state index >= 15 is 0 Å². The average molecular weight is 338 g/mol. The lowest BCUT2D eigenvalue weighted by molar-refractivity contribution is -0.128. The molecule has 8 heteroatoms. The molecule has 128 valence electrons. The zero-order valence-electron chi connectivity index (χ0n) is 13.6. The Morgan fingerprint density at radius 1 is 1.32 bits per heavy atom. The first-order chi connectivity index (χ1) is 10.00. The van der Waals surface area contributed by atoms with Crippen molar-refractivity contribution in [1.82, 2.24) is 5.32 Å². The average Bonchev–Trinajstić information content (AvgIpc) is 2.35. The molecule has 4 nitrogen and oxygen atoms in total. The van der Waals surface area contributed by atoms with Crippen LogP contribution in [0.25, 0.3) is 0 Å².